The van der Waals surface area contributed by atoms with Gasteiger partial charge in [-0.2, -0.15) is 0 Å². The zero-order chi connectivity index (χ0) is 24.2. The van der Waals surface area contributed by atoms with Gasteiger partial charge >= 0.3 is 0 Å². The molecule has 7 heteroatoms. The predicted molar refractivity (Wildman–Crippen MR) is 124 cm³/mol. The fourth-order valence-electron chi connectivity index (χ4n) is 4.31. The quantitative estimate of drug-likeness (QED) is 0.555. The molecule has 33 heavy (non-hydrogen) atoms. The Kier molecular flexibility index (Phi) is 8.08. The van der Waals surface area contributed by atoms with Gasteiger partial charge in [0.15, 0.2) is 0 Å². The standard InChI is InChI=1S/C26H34F2N2O3/c1-16(31)30-23(12-18-9-19(27)13-20(28)10-18)24(32)15-29-22-7-8-33-25-6-5-17(11-21(22)25)14-26(2,3)4/h5-6,9-11,13,22-24,29,32H,7-8,12,14-15H2,1-4H3,(H,30,31)/t22-,23-,24-/m0/s1. The van der Waals surface area contributed by atoms with E-state index in [4.69, 9.17) is 4.74 Å². The van der Waals surface area contributed by atoms with Gasteiger partial charge in [0.05, 0.1) is 18.8 Å². The number of nitrogens with one attached hydrogen (secondary N) is 2. The molecule has 3 atom stereocenters. The fraction of sp³-hybridized carbons (Fsp3) is 0.500. The van der Waals surface area contributed by atoms with Gasteiger partial charge in [0, 0.05) is 37.6 Å². The van der Waals surface area contributed by atoms with Crippen LogP contribution in [0.2, 0.25) is 0 Å². The van der Waals surface area contributed by atoms with E-state index >= 15 is 0 Å². The van der Waals surface area contributed by atoms with Gasteiger partial charge in [0.25, 0.3) is 0 Å². The Labute approximate surface area is 194 Å². The largest absolute Gasteiger partial charge is 0.493 e. The zero-order valence-corrected chi connectivity index (χ0v) is 19.8. The van der Waals surface area contributed by atoms with Crippen LogP contribution in [0.1, 0.15) is 56.8 Å². The first kappa shape index (κ1) is 25.1. The smallest absolute Gasteiger partial charge is 0.217 e. The number of halogens is 2. The number of carbonyl (C=O) groups excluding carboxylic acids is 1. The van der Waals surface area contributed by atoms with Crippen LogP contribution in [-0.4, -0.2) is 36.3 Å². The Morgan fingerprint density at radius 1 is 1.15 bits per heavy atom. The maximum absolute atomic E-state index is 13.6. The van der Waals surface area contributed by atoms with Crippen molar-refractivity contribution in [1.29, 1.82) is 0 Å². The van der Waals surface area contributed by atoms with Crippen molar-refractivity contribution in [3.8, 4) is 5.75 Å². The Hall–Kier alpha value is -2.51. The maximum Gasteiger partial charge on any atom is 0.217 e. The molecular weight excluding hydrogens is 426 g/mol. The minimum Gasteiger partial charge on any atom is -0.493 e. The molecule has 0 saturated heterocycles. The van der Waals surface area contributed by atoms with Gasteiger partial charge in [-0.25, -0.2) is 8.78 Å². The molecule has 1 amide bonds. The topological polar surface area (TPSA) is 70.6 Å². The van der Waals surface area contributed by atoms with Crippen LogP contribution in [0.15, 0.2) is 36.4 Å². The lowest BCUT2D eigenvalue weighted by Crippen LogP contribution is -2.48. The first-order chi connectivity index (χ1) is 15.5. The summed E-state index contributed by atoms with van der Waals surface area (Å²) in [6, 6.07) is 8.77. The highest BCUT2D eigenvalue weighted by molar-refractivity contribution is 5.73. The van der Waals surface area contributed by atoms with Crippen molar-refractivity contribution in [2.75, 3.05) is 13.2 Å². The van der Waals surface area contributed by atoms with Crippen LogP contribution in [-0.2, 0) is 17.6 Å². The molecule has 1 aliphatic heterocycles. The van der Waals surface area contributed by atoms with Gasteiger partial charge in [0.1, 0.15) is 17.4 Å². The second-order valence-electron chi connectivity index (χ2n) is 10.1. The number of aliphatic hydroxyl groups is 1. The number of rotatable bonds is 8. The summed E-state index contributed by atoms with van der Waals surface area (Å²) in [6.45, 7) is 8.71. The van der Waals surface area contributed by atoms with E-state index in [1.54, 1.807) is 0 Å². The van der Waals surface area contributed by atoms with Crippen molar-refractivity contribution in [2.45, 2.75) is 65.1 Å². The minimum atomic E-state index is -0.954. The van der Waals surface area contributed by atoms with E-state index in [2.05, 4.69) is 43.5 Å². The van der Waals surface area contributed by atoms with Crippen molar-refractivity contribution in [3.63, 3.8) is 0 Å². The van der Waals surface area contributed by atoms with Crippen molar-refractivity contribution in [1.82, 2.24) is 10.6 Å². The molecule has 0 fully saturated rings. The molecule has 0 unspecified atom stereocenters. The van der Waals surface area contributed by atoms with Crippen LogP contribution in [0, 0.1) is 17.0 Å². The molecule has 180 valence electrons. The summed E-state index contributed by atoms with van der Waals surface area (Å²) in [7, 11) is 0. The highest BCUT2D eigenvalue weighted by atomic mass is 19.1. The van der Waals surface area contributed by atoms with Crippen LogP contribution in [0.3, 0.4) is 0 Å². The van der Waals surface area contributed by atoms with Crippen LogP contribution in [0.5, 0.6) is 5.75 Å². The summed E-state index contributed by atoms with van der Waals surface area (Å²) < 4.78 is 33.0. The molecule has 3 rings (SSSR count). The molecule has 0 spiro atoms. The van der Waals surface area contributed by atoms with Gasteiger partial charge in [-0.3, -0.25) is 4.79 Å². The van der Waals surface area contributed by atoms with Gasteiger partial charge in [-0.05, 0) is 47.6 Å². The Balaban J connectivity index is 1.70. The lowest BCUT2D eigenvalue weighted by Gasteiger charge is -2.30. The number of ether oxygens (including phenoxy) is 1. The molecule has 0 radical (unpaired) electrons. The lowest BCUT2D eigenvalue weighted by atomic mass is 9.86. The number of carbonyl (C=O) groups is 1. The second kappa shape index (κ2) is 10.6. The van der Waals surface area contributed by atoms with Gasteiger partial charge in [-0.1, -0.05) is 32.9 Å². The molecule has 2 aromatic carbocycles. The Bertz CT molecular complexity index is 954. The van der Waals surface area contributed by atoms with E-state index in [1.807, 2.05) is 6.07 Å². The molecule has 3 N–H and O–H groups in total. The first-order valence-corrected chi connectivity index (χ1v) is 11.4. The summed E-state index contributed by atoms with van der Waals surface area (Å²) in [5.41, 5.74) is 2.81. The third-order valence-corrected chi connectivity index (χ3v) is 5.65. The minimum absolute atomic E-state index is 0.00656. The summed E-state index contributed by atoms with van der Waals surface area (Å²) >= 11 is 0. The average molecular weight is 461 g/mol. The van der Waals surface area contributed by atoms with Gasteiger partial charge < -0.3 is 20.5 Å². The second-order valence-corrected chi connectivity index (χ2v) is 10.1. The monoisotopic (exact) mass is 460 g/mol. The first-order valence-electron chi connectivity index (χ1n) is 11.4. The van der Waals surface area contributed by atoms with Crippen molar-refractivity contribution < 1.29 is 23.4 Å². The van der Waals surface area contributed by atoms with E-state index in [9.17, 15) is 18.7 Å². The summed E-state index contributed by atoms with van der Waals surface area (Å²) in [4.78, 5) is 11.7. The van der Waals surface area contributed by atoms with Gasteiger partial charge in [0.2, 0.25) is 5.91 Å². The number of fused-ring (bicyclic) bond motifs is 1. The molecule has 0 saturated carbocycles. The lowest BCUT2D eigenvalue weighted by molar-refractivity contribution is -0.120. The van der Waals surface area contributed by atoms with Crippen LogP contribution in [0.4, 0.5) is 8.78 Å². The number of benzene rings is 2. The number of hydrogen-bond acceptors (Lipinski definition) is 4. The zero-order valence-electron chi connectivity index (χ0n) is 19.8. The van der Waals surface area contributed by atoms with Crippen molar-refractivity contribution in [3.05, 3.63) is 64.7 Å². The molecule has 2 aromatic rings. The Morgan fingerprint density at radius 3 is 2.48 bits per heavy atom. The van der Waals surface area contributed by atoms with E-state index in [-0.39, 0.29) is 30.3 Å². The van der Waals surface area contributed by atoms with E-state index in [1.165, 1.54) is 24.6 Å². The highest BCUT2D eigenvalue weighted by Crippen LogP contribution is 2.34. The summed E-state index contributed by atoms with van der Waals surface area (Å²) in [5, 5.41) is 17.0. The summed E-state index contributed by atoms with van der Waals surface area (Å²) in [5.74, 6) is -0.869. The SMILES string of the molecule is CC(=O)N[C@@H](Cc1cc(F)cc(F)c1)[C@@H](O)CN[C@H]1CCOc2ccc(CC(C)(C)C)cc21. The number of amides is 1. The molecular formula is C26H34F2N2O3. The van der Waals surface area contributed by atoms with Crippen molar-refractivity contribution in [2.24, 2.45) is 5.41 Å². The van der Waals surface area contributed by atoms with Gasteiger partial charge in [-0.15, -0.1) is 0 Å². The normalized spacial score (nSPS) is 17.6. The predicted octanol–water partition coefficient (Wildman–Crippen LogP) is 4.07. The van der Waals surface area contributed by atoms with E-state index < -0.39 is 23.8 Å². The third kappa shape index (κ3) is 7.51. The number of aliphatic hydroxyl groups excluding tert-OH is 1. The van der Waals surface area contributed by atoms with Crippen LogP contribution < -0.4 is 15.4 Å². The molecule has 0 aliphatic carbocycles. The Morgan fingerprint density at radius 2 is 1.85 bits per heavy atom. The maximum atomic E-state index is 13.6. The van der Waals surface area contributed by atoms with Crippen LogP contribution >= 0.6 is 0 Å². The molecule has 1 heterocycles. The number of hydrogen-bond donors (Lipinski definition) is 3. The fourth-order valence-corrected chi connectivity index (χ4v) is 4.31. The average Bonchev–Trinajstić information content (AvgIpc) is 2.69. The molecule has 1 aliphatic rings. The molecule has 0 aromatic heterocycles. The molecule has 5 nitrogen and oxygen atoms in total. The third-order valence-electron chi connectivity index (χ3n) is 5.65. The van der Waals surface area contributed by atoms with E-state index in [0.717, 1.165) is 30.2 Å². The van der Waals surface area contributed by atoms with E-state index in [0.29, 0.717) is 12.2 Å². The van der Waals surface area contributed by atoms with Crippen LogP contribution in [0.25, 0.3) is 0 Å². The summed E-state index contributed by atoms with van der Waals surface area (Å²) in [6.07, 6.45) is 0.838. The highest BCUT2D eigenvalue weighted by Gasteiger charge is 2.26. The van der Waals surface area contributed by atoms with Crippen molar-refractivity contribution >= 4 is 5.91 Å². The molecule has 0 bridgehead atoms.